The lowest BCUT2D eigenvalue weighted by atomic mass is 10.1. The summed E-state index contributed by atoms with van der Waals surface area (Å²) in [5, 5.41) is 8.34. The lowest BCUT2D eigenvalue weighted by molar-refractivity contribution is -0.139. The molecule has 0 heterocycles. The number of hydrogen-bond donors (Lipinski definition) is 1. The number of carboxylic acid groups (broad SMARTS) is 1. The number of carbonyl (C=O) groups is 1. The van der Waals surface area contributed by atoms with E-state index in [1.807, 2.05) is 0 Å². The number of carboxylic acids is 1. The summed E-state index contributed by atoms with van der Waals surface area (Å²) in [5.74, 6) is -1.64. The number of hydrogen-bond acceptors (Lipinski definition) is 1. The zero-order chi connectivity index (χ0) is 12.8. The Hall–Kier alpha value is -1.23. The lowest BCUT2D eigenvalue weighted by Crippen LogP contribution is -2.06. The van der Waals surface area contributed by atoms with Crippen LogP contribution in [0.2, 0.25) is 5.02 Å². The average Bonchev–Trinajstić information content (AvgIpc) is 2.94. The molecule has 92 valence electrons. The van der Waals surface area contributed by atoms with Gasteiger partial charge in [0.2, 0.25) is 0 Å². The average molecular weight is 265 g/mol. The topological polar surface area (TPSA) is 37.3 Å². The summed E-state index contributed by atoms with van der Waals surface area (Å²) in [6.45, 7) is 0. The van der Waals surface area contributed by atoms with Gasteiger partial charge >= 0.3 is 12.1 Å². The van der Waals surface area contributed by atoms with E-state index < -0.39 is 23.6 Å². The molecule has 0 radical (unpaired) electrons. The van der Waals surface area contributed by atoms with E-state index in [2.05, 4.69) is 0 Å². The first-order valence-electron chi connectivity index (χ1n) is 4.90. The molecular weight excluding hydrogens is 257 g/mol. The van der Waals surface area contributed by atoms with E-state index in [9.17, 15) is 18.0 Å². The molecule has 0 saturated heterocycles. The van der Waals surface area contributed by atoms with Gasteiger partial charge in [0.05, 0.1) is 16.5 Å². The van der Waals surface area contributed by atoms with Gasteiger partial charge in [0, 0.05) is 0 Å². The van der Waals surface area contributed by atoms with Gasteiger partial charge in [0.1, 0.15) is 0 Å². The summed E-state index contributed by atoms with van der Waals surface area (Å²) < 4.78 is 37.3. The van der Waals surface area contributed by atoms with Gasteiger partial charge in [-0.05, 0) is 30.0 Å². The molecule has 1 N–H and O–H groups in total. The highest BCUT2D eigenvalue weighted by atomic mass is 35.5. The van der Waals surface area contributed by atoms with Crippen molar-refractivity contribution in [1.82, 2.24) is 0 Å². The fourth-order valence-electron chi connectivity index (χ4n) is 1.83. The lowest BCUT2D eigenvalue weighted by Gasteiger charge is -2.10. The number of benzene rings is 1. The van der Waals surface area contributed by atoms with Crippen molar-refractivity contribution >= 4 is 17.6 Å². The Morgan fingerprint density at radius 2 is 2.06 bits per heavy atom. The molecule has 17 heavy (non-hydrogen) atoms. The van der Waals surface area contributed by atoms with Crippen molar-refractivity contribution in [3.05, 3.63) is 34.3 Å². The predicted octanol–water partition coefficient (Wildman–Crippen LogP) is 3.55. The molecule has 2 nitrogen and oxygen atoms in total. The van der Waals surface area contributed by atoms with Crippen LogP contribution in [0.3, 0.4) is 0 Å². The smallest absolute Gasteiger partial charge is 0.417 e. The van der Waals surface area contributed by atoms with E-state index in [1.165, 1.54) is 12.1 Å². The fourth-order valence-corrected chi connectivity index (χ4v) is 2.12. The summed E-state index contributed by atoms with van der Waals surface area (Å²) >= 11 is 5.55. The Kier molecular flexibility index (Phi) is 2.81. The summed E-state index contributed by atoms with van der Waals surface area (Å²) in [6, 6.07) is 3.40. The van der Waals surface area contributed by atoms with Crippen LogP contribution < -0.4 is 0 Å². The molecule has 0 amide bonds. The molecule has 0 aromatic heterocycles. The molecule has 1 aliphatic rings. The third-order valence-electron chi connectivity index (χ3n) is 2.83. The molecule has 1 aliphatic carbocycles. The highest BCUT2D eigenvalue weighted by molar-refractivity contribution is 6.31. The maximum Gasteiger partial charge on any atom is 0.417 e. The summed E-state index contributed by atoms with van der Waals surface area (Å²) in [7, 11) is 0. The first-order chi connectivity index (χ1) is 7.80. The Balaban J connectivity index is 2.24. The van der Waals surface area contributed by atoms with Crippen LogP contribution in [0, 0.1) is 5.92 Å². The largest absolute Gasteiger partial charge is 0.481 e. The summed E-state index contributed by atoms with van der Waals surface area (Å²) in [4.78, 5) is 10.6. The zero-order valence-corrected chi connectivity index (χ0v) is 9.22. The predicted molar refractivity (Wildman–Crippen MR) is 54.9 cm³/mol. The van der Waals surface area contributed by atoms with Crippen LogP contribution in [0.15, 0.2) is 18.2 Å². The molecule has 1 aromatic rings. The minimum atomic E-state index is -4.48. The zero-order valence-electron chi connectivity index (χ0n) is 8.46. The third kappa shape index (κ3) is 2.39. The van der Waals surface area contributed by atoms with Crippen LogP contribution in [0.1, 0.15) is 23.5 Å². The molecule has 2 unspecified atom stereocenters. The van der Waals surface area contributed by atoms with Gasteiger partial charge in [0.15, 0.2) is 0 Å². The van der Waals surface area contributed by atoms with Crippen LogP contribution in [0.25, 0.3) is 0 Å². The highest BCUT2D eigenvalue weighted by Crippen LogP contribution is 2.48. The van der Waals surface area contributed by atoms with Gasteiger partial charge in [-0.25, -0.2) is 0 Å². The van der Waals surface area contributed by atoms with E-state index in [4.69, 9.17) is 16.7 Å². The number of rotatable bonds is 2. The second-order valence-electron chi connectivity index (χ2n) is 4.02. The molecule has 0 bridgehead atoms. The second-order valence-corrected chi connectivity index (χ2v) is 4.43. The van der Waals surface area contributed by atoms with Crippen molar-refractivity contribution in [2.24, 2.45) is 5.92 Å². The normalized spacial score (nSPS) is 23.5. The van der Waals surface area contributed by atoms with E-state index in [-0.39, 0.29) is 10.9 Å². The van der Waals surface area contributed by atoms with Crippen LogP contribution in [0.4, 0.5) is 13.2 Å². The van der Waals surface area contributed by atoms with Crippen LogP contribution >= 0.6 is 11.6 Å². The van der Waals surface area contributed by atoms with Crippen LogP contribution in [-0.4, -0.2) is 11.1 Å². The molecule has 2 atom stereocenters. The van der Waals surface area contributed by atoms with E-state index in [0.717, 1.165) is 6.07 Å². The van der Waals surface area contributed by atoms with Gasteiger partial charge in [0.25, 0.3) is 0 Å². The molecule has 2 rings (SSSR count). The summed E-state index contributed by atoms with van der Waals surface area (Å²) in [6.07, 6.45) is -4.03. The van der Waals surface area contributed by atoms with Crippen molar-refractivity contribution in [1.29, 1.82) is 0 Å². The van der Waals surface area contributed by atoms with E-state index >= 15 is 0 Å². The number of aliphatic carboxylic acids is 1. The molecule has 1 saturated carbocycles. The van der Waals surface area contributed by atoms with Crippen molar-refractivity contribution in [3.8, 4) is 0 Å². The van der Waals surface area contributed by atoms with Gasteiger partial charge in [-0.3, -0.25) is 4.79 Å². The molecule has 0 aliphatic heterocycles. The standard InChI is InChI=1S/C11H8ClF3O2/c12-9-3-5(6-4-7(6)10(16)17)1-2-8(9)11(13,14)15/h1-3,6-7H,4H2,(H,16,17). The second kappa shape index (κ2) is 3.91. The van der Waals surface area contributed by atoms with Crippen molar-refractivity contribution in [3.63, 3.8) is 0 Å². The summed E-state index contributed by atoms with van der Waals surface area (Å²) in [5.41, 5.74) is -0.342. The molecular formula is C11H8ClF3O2. The quantitative estimate of drug-likeness (QED) is 0.887. The first-order valence-corrected chi connectivity index (χ1v) is 5.28. The SMILES string of the molecule is O=C(O)C1CC1c1ccc(C(F)(F)F)c(Cl)c1. The minimum absolute atomic E-state index is 0.215. The maximum atomic E-state index is 12.4. The Morgan fingerprint density at radius 3 is 2.47 bits per heavy atom. The maximum absolute atomic E-state index is 12.4. The molecule has 6 heteroatoms. The van der Waals surface area contributed by atoms with Gasteiger partial charge in [-0.15, -0.1) is 0 Å². The van der Waals surface area contributed by atoms with Crippen molar-refractivity contribution < 1.29 is 23.1 Å². The van der Waals surface area contributed by atoms with Gasteiger partial charge < -0.3 is 5.11 Å². The number of halogens is 4. The molecule has 1 fully saturated rings. The first kappa shape index (κ1) is 12.2. The van der Waals surface area contributed by atoms with Crippen molar-refractivity contribution in [2.75, 3.05) is 0 Å². The van der Waals surface area contributed by atoms with Crippen molar-refractivity contribution in [2.45, 2.75) is 18.5 Å². The Morgan fingerprint density at radius 1 is 1.41 bits per heavy atom. The fraction of sp³-hybridized carbons (Fsp3) is 0.364. The van der Waals surface area contributed by atoms with E-state index in [1.54, 1.807) is 0 Å². The van der Waals surface area contributed by atoms with Gasteiger partial charge in [-0.1, -0.05) is 17.7 Å². The Bertz CT molecular complexity index is 470. The number of alkyl halides is 3. The Labute approximate surface area is 100 Å². The minimum Gasteiger partial charge on any atom is -0.481 e. The van der Waals surface area contributed by atoms with Crippen LogP contribution in [-0.2, 0) is 11.0 Å². The third-order valence-corrected chi connectivity index (χ3v) is 3.15. The molecule has 0 spiro atoms. The van der Waals surface area contributed by atoms with E-state index in [0.29, 0.717) is 12.0 Å². The highest BCUT2D eigenvalue weighted by Gasteiger charge is 2.44. The molecule has 1 aromatic carbocycles. The van der Waals surface area contributed by atoms with Crippen LogP contribution in [0.5, 0.6) is 0 Å². The van der Waals surface area contributed by atoms with Gasteiger partial charge in [-0.2, -0.15) is 13.2 Å². The monoisotopic (exact) mass is 264 g/mol.